The largest absolute Gasteiger partial charge is 0.409 e. The predicted molar refractivity (Wildman–Crippen MR) is 95.6 cm³/mol. The summed E-state index contributed by atoms with van der Waals surface area (Å²) < 4.78 is 18.4. The third-order valence-corrected chi connectivity index (χ3v) is 9.76. The summed E-state index contributed by atoms with van der Waals surface area (Å²) in [5.41, 5.74) is 3.69. The van der Waals surface area contributed by atoms with Crippen molar-refractivity contribution in [2.45, 2.75) is 72.1 Å². The van der Waals surface area contributed by atoms with E-state index in [1.807, 2.05) is 24.5 Å². The molecule has 0 aliphatic carbocycles. The second-order valence-corrected chi connectivity index (χ2v) is 12.0. The lowest BCUT2D eigenvalue weighted by molar-refractivity contribution is 0.148. The molecule has 0 aliphatic rings. The molecule has 5 heteroatoms. The van der Waals surface area contributed by atoms with Crippen molar-refractivity contribution in [1.29, 1.82) is 0 Å². The topological polar surface area (TPSA) is 27.7 Å². The second-order valence-electron chi connectivity index (χ2n) is 5.81. The van der Waals surface area contributed by atoms with E-state index in [1.165, 1.54) is 19.3 Å². The minimum absolute atomic E-state index is 0.195. The summed E-state index contributed by atoms with van der Waals surface area (Å²) in [4.78, 5) is 0. The molecule has 3 unspecified atom stereocenters. The molecule has 0 rings (SSSR count). The molecule has 0 aromatic carbocycles. The average molecular weight is 331 g/mol. The minimum Gasteiger partial charge on any atom is -0.409 e. The molecule has 3 atom stereocenters. The normalized spacial score (nSPS) is 18.5. The third-order valence-electron chi connectivity index (χ3n) is 3.39. The van der Waals surface area contributed by atoms with Crippen molar-refractivity contribution in [3.8, 4) is 0 Å². The van der Waals surface area contributed by atoms with E-state index in [2.05, 4.69) is 33.9 Å². The van der Waals surface area contributed by atoms with Gasteiger partial charge in [-0.15, -0.1) is 13.2 Å². The van der Waals surface area contributed by atoms with Gasteiger partial charge in [0.25, 0.3) is 0 Å². The highest BCUT2D eigenvalue weighted by molar-refractivity contribution is 6.84. The third kappa shape index (κ3) is 8.73. The van der Waals surface area contributed by atoms with Crippen LogP contribution in [0, 0.1) is 0 Å². The van der Waals surface area contributed by atoms with Gasteiger partial charge in [0.15, 0.2) is 0 Å². The Hall–Kier alpha value is -0.206. The zero-order valence-corrected chi connectivity index (χ0v) is 16.6. The van der Waals surface area contributed by atoms with Crippen LogP contribution >= 0.6 is 0 Å². The molecule has 0 bridgehead atoms. The second kappa shape index (κ2) is 10.5. The molecule has 0 radical (unpaired) electrons. The number of hydrogen-bond acceptors (Lipinski definition) is 3. The molecule has 0 aromatic rings. The molecule has 0 saturated heterocycles. The summed E-state index contributed by atoms with van der Waals surface area (Å²) in [5.74, 6) is 0. The van der Waals surface area contributed by atoms with Crippen LogP contribution in [-0.2, 0) is 13.0 Å². The van der Waals surface area contributed by atoms with Gasteiger partial charge in [-0.2, -0.15) is 0 Å². The predicted octanol–water partition coefficient (Wildman–Crippen LogP) is 5.01. The lowest BCUT2D eigenvalue weighted by Crippen LogP contribution is -2.51. The van der Waals surface area contributed by atoms with E-state index in [4.69, 9.17) is 13.0 Å². The van der Waals surface area contributed by atoms with Gasteiger partial charge in [-0.25, -0.2) is 0 Å². The van der Waals surface area contributed by atoms with Gasteiger partial charge in [-0.3, -0.25) is 0 Å². The summed E-state index contributed by atoms with van der Waals surface area (Å²) in [6.45, 7) is 19.0. The van der Waals surface area contributed by atoms with Gasteiger partial charge in [0.05, 0.1) is 0 Å². The Morgan fingerprint density at radius 1 is 1.00 bits per heavy atom. The van der Waals surface area contributed by atoms with E-state index in [9.17, 15) is 0 Å². The van der Waals surface area contributed by atoms with Gasteiger partial charge >= 0.3 is 17.1 Å². The molecule has 0 amide bonds. The van der Waals surface area contributed by atoms with E-state index < -0.39 is 17.1 Å². The van der Waals surface area contributed by atoms with Crippen molar-refractivity contribution in [2.75, 3.05) is 6.61 Å². The maximum absolute atomic E-state index is 6.30. The van der Waals surface area contributed by atoms with E-state index >= 15 is 0 Å². The fraction of sp³-hybridized carbons (Fsp3) is 0.750. The van der Waals surface area contributed by atoms with Crippen molar-refractivity contribution >= 4 is 17.1 Å². The highest BCUT2D eigenvalue weighted by Crippen LogP contribution is 2.22. The molecule has 0 heterocycles. The van der Waals surface area contributed by atoms with Crippen LogP contribution in [0.25, 0.3) is 0 Å². The van der Waals surface area contributed by atoms with Crippen LogP contribution in [0.3, 0.4) is 0 Å². The van der Waals surface area contributed by atoms with Crippen LogP contribution in [0.5, 0.6) is 0 Å². The SMILES string of the molecule is C=C[Si](C)(OCCC)O[Si](C)(C=C)OC(C)CCCCC. The average Bonchev–Trinajstić information content (AvgIpc) is 2.45. The molecule has 21 heavy (non-hydrogen) atoms. The van der Waals surface area contributed by atoms with Gasteiger partial charge < -0.3 is 13.0 Å². The fourth-order valence-corrected chi connectivity index (χ4v) is 8.15. The molecule has 0 saturated carbocycles. The number of unbranched alkanes of at least 4 members (excludes halogenated alkanes) is 2. The van der Waals surface area contributed by atoms with Gasteiger partial charge in [-0.1, -0.05) is 44.5 Å². The zero-order chi connectivity index (χ0) is 16.4. The first-order valence-corrected chi connectivity index (χ1v) is 12.9. The Morgan fingerprint density at radius 2 is 1.62 bits per heavy atom. The van der Waals surface area contributed by atoms with E-state index in [1.54, 1.807) is 0 Å². The highest BCUT2D eigenvalue weighted by Gasteiger charge is 2.40. The molecule has 0 aromatic heterocycles. The van der Waals surface area contributed by atoms with E-state index in [0.717, 1.165) is 12.8 Å². The van der Waals surface area contributed by atoms with Crippen LogP contribution in [0.2, 0.25) is 13.1 Å². The van der Waals surface area contributed by atoms with Crippen molar-refractivity contribution in [2.24, 2.45) is 0 Å². The Labute approximate surface area is 133 Å². The monoisotopic (exact) mass is 330 g/mol. The van der Waals surface area contributed by atoms with Crippen molar-refractivity contribution < 1.29 is 13.0 Å². The Morgan fingerprint density at radius 3 is 2.10 bits per heavy atom. The number of hydrogen-bond donors (Lipinski definition) is 0. The fourth-order valence-electron chi connectivity index (χ4n) is 2.09. The molecular weight excluding hydrogens is 296 g/mol. The number of rotatable bonds is 13. The molecule has 124 valence electrons. The lowest BCUT2D eigenvalue weighted by atomic mass is 10.1. The summed E-state index contributed by atoms with van der Waals surface area (Å²) in [5, 5.41) is 0. The van der Waals surface area contributed by atoms with Gasteiger partial charge in [0.1, 0.15) is 0 Å². The smallest absolute Gasteiger partial charge is 0.352 e. The molecule has 0 N–H and O–H groups in total. The first-order chi connectivity index (χ1) is 9.84. The summed E-state index contributed by atoms with van der Waals surface area (Å²) in [6.07, 6.45) is 5.91. The standard InChI is InChI=1S/C16H34O3Si2/c1-8-12-13-14-16(5)18-21(7,11-4)19-20(6,10-3)17-15-9-2/h10-11,16H,3-4,8-9,12-15H2,1-2,5-7H3. The quantitative estimate of drug-likeness (QED) is 0.351. The first-order valence-electron chi connectivity index (χ1n) is 8.13. The Balaban J connectivity index is 4.61. The molecule has 0 fully saturated rings. The maximum Gasteiger partial charge on any atom is 0.352 e. The van der Waals surface area contributed by atoms with Gasteiger partial charge in [0.2, 0.25) is 0 Å². The summed E-state index contributed by atoms with van der Waals surface area (Å²) >= 11 is 0. The van der Waals surface area contributed by atoms with Gasteiger partial charge in [0, 0.05) is 12.7 Å². The minimum atomic E-state index is -2.42. The summed E-state index contributed by atoms with van der Waals surface area (Å²) in [7, 11) is -4.80. The van der Waals surface area contributed by atoms with Gasteiger partial charge in [-0.05, 0) is 32.9 Å². The molecule has 0 spiro atoms. The molecular formula is C16H34O3Si2. The van der Waals surface area contributed by atoms with Crippen LogP contribution in [0.4, 0.5) is 0 Å². The maximum atomic E-state index is 6.30. The van der Waals surface area contributed by atoms with Crippen LogP contribution in [0.15, 0.2) is 24.6 Å². The highest BCUT2D eigenvalue weighted by atomic mass is 28.5. The van der Waals surface area contributed by atoms with E-state index in [0.29, 0.717) is 6.61 Å². The first kappa shape index (κ1) is 20.8. The molecule has 0 aliphatic heterocycles. The van der Waals surface area contributed by atoms with E-state index in [-0.39, 0.29) is 6.10 Å². The molecule has 3 nitrogen and oxygen atoms in total. The summed E-state index contributed by atoms with van der Waals surface area (Å²) in [6, 6.07) is 0. The van der Waals surface area contributed by atoms with Crippen molar-refractivity contribution in [3.05, 3.63) is 24.6 Å². The zero-order valence-electron chi connectivity index (χ0n) is 14.6. The Bertz CT molecular complexity index is 312. The van der Waals surface area contributed by atoms with Crippen LogP contribution in [-0.4, -0.2) is 29.8 Å². The van der Waals surface area contributed by atoms with Crippen LogP contribution in [0.1, 0.15) is 52.9 Å². The van der Waals surface area contributed by atoms with Crippen LogP contribution < -0.4 is 0 Å². The van der Waals surface area contributed by atoms with Crippen molar-refractivity contribution in [1.82, 2.24) is 0 Å². The van der Waals surface area contributed by atoms with Crippen molar-refractivity contribution in [3.63, 3.8) is 0 Å². The Kier molecular flexibility index (Phi) is 10.4. The lowest BCUT2D eigenvalue weighted by Gasteiger charge is -2.35.